The number of benzene rings is 1. The standard InChI is InChI=1S/C16H25NO2/c1-5-13-6-8-14(9-7-13)10-11-17-12-16(2,3)15(18)19-4/h6-9,17H,5,10-12H2,1-4H3. The topological polar surface area (TPSA) is 38.3 Å². The second kappa shape index (κ2) is 7.29. The predicted octanol–water partition coefficient (Wildman–Crippen LogP) is 2.58. The minimum Gasteiger partial charge on any atom is -0.469 e. The number of carbonyl (C=O) groups is 1. The first-order chi connectivity index (χ1) is 8.99. The highest BCUT2D eigenvalue weighted by atomic mass is 16.5. The Labute approximate surface area is 116 Å². The van der Waals surface area contributed by atoms with Gasteiger partial charge >= 0.3 is 5.97 Å². The van der Waals surface area contributed by atoms with Crippen LogP contribution in [0.3, 0.4) is 0 Å². The Hall–Kier alpha value is -1.35. The Morgan fingerprint density at radius 2 is 1.79 bits per heavy atom. The van der Waals surface area contributed by atoms with E-state index < -0.39 is 5.41 Å². The zero-order valence-electron chi connectivity index (χ0n) is 12.5. The first-order valence-corrected chi connectivity index (χ1v) is 6.86. The molecule has 0 aliphatic heterocycles. The molecule has 3 nitrogen and oxygen atoms in total. The van der Waals surface area contributed by atoms with E-state index in [1.807, 2.05) is 13.8 Å². The zero-order valence-corrected chi connectivity index (χ0v) is 12.5. The van der Waals surface area contributed by atoms with E-state index in [-0.39, 0.29) is 5.97 Å². The van der Waals surface area contributed by atoms with Gasteiger partial charge in [-0.25, -0.2) is 0 Å². The average Bonchev–Trinajstić information content (AvgIpc) is 2.43. The molecule has 0 spiro atoms. The van der Waals surface area contributed by atoms with E-state index in [0.29, 0.717) is 6.54 Å². The van der Waals surface area contributed by atoms with E-state index in [9.17, 15) is 4.79 Å². The van der Waals surface area contributed by atoms with Crippen molar-refractivity contribution in [2.24, 2.45) is 5.41 Å². The molecule has 1 N–H and O–H groups in total. The van der Waals surface area contributed by atoms with Crippen LogP contribution in [0.25, 0.3) is 0 Å². The van der Waals surface area contributed by atoms with Crippen molar-refractivity contribution in [2.75, 3.05) is 20.2 Å². The van der Waals surface area contributed by atoms with Crippen LogP contribution >= 0.6 is 0 Å². The molecule has 19 heavy (non-hydrogen) atoms. The molecule has 1 aromatic carbocycles. The van der Waals surface area contributed by atoms with Gasteiger partial charge in [-0.05, 0) is 44.4 Å². The zero-order chi connectivity index (χ0) is 14.3. The van der Waals surface area contributed by atoms with E-state index in [1.165, 1.54) is 18.2 Å². The number of aryl methyl sites for hydroxylation is 1. The van der Waals surface area contributed by atoms with Crippen molar-refractivity contribution in [2.45, 2.75) is 33.6 Å². The highest BCUT2D eigenvalue weighted by molar-refractivity contribution is 5.76. The summed E-state index contributed by atoms with van der Waals surface area (Å²) >= 11 is 0. The molecule has 1 aromatic rings. The Morgan fingerprint density at radius 3 is 2.32 bits per heavy atom. The van der Waals surface area contributed by atoms with Gasteiger partial charge in [0.15, 0.2) is 0 Å². The maximum absolute atomic E-state index is 11.5. The lowest BCUT2D eigenvalue weighted by Crippen LogP contribution is -2.37. The third-order valence-corrected chi connectivity index (χ3v) is 3.33. The molecular weight excluding hydrogens is 238 g/mol. The fourth-order valence-electron chi connectivity index (χ4n) is 1.92. The summed E-state index contributed by atoms with van der Waals surface area (Å²) < 4.78 is 4.78. The van der Waals surface area contributed by atoms with Crippen LogP contribution in [-0.4, -0.2) is 26.2 Å². The van der Waals surface area contributed by atoms with Crippen molar-refractivity contribution >= 4 is 5.97 Å². The highest BCUT2D eigenvalue weighted by Crippen LogP contribution is 2.15. The molecule has 106 valence electrons. The summed E-state index contributed by atoms with van der Waals surface area (Å²) in [5.74, 6) is -0.174. The van der Waals surface area contributed by atoms with Crippen molar-refractivity contribution in [3.63, 3.8) is 0 Å². The maximum atomic E-state index is 11.5. The minimum atomic E-state index is -0.471. The fraction of sp³-hybridized carbons (Fsp3) is 0.562. The molecule has 0 bridgehead atoms. The fourth-order valence-corrected chi connectivity index (χ4v) is 1.92. The number of hydrogen-bond acceptors (Lipinski definition) is 3. The molecular formula is C16H25NO2. The summed E-state index contributed by atoms with van der Waals surface area (Å²) in [5.41, 5.74) is 2.21. The Morgan fingerprint density at radius 1 is 1.21 bits per heavy atom. The number of hydrogen-bond donors (Lipinski definition) is 1. The van der Waals surface area contributed by atoms with Crippen molar-refractivity contribution in [1.29, 1.82) is 0 Å². The van der Waals surface area contributed by atoms with Crippen LogP contribution in [0.2, 0.25) is 0 Å². The molecule has 0 aliphatic carbocycles. The summed E-state index contributed by atoms with van der Waals surface area (Å²) in [5, 5.41) is 3.32. The van der Waals surface area contributed by atoms with Gasteiger partial charge in [0.25, 0.3) is 0 Å². The first-order valence-electron chi connectivity index (χ1n) is 6.86. The second-order valence-corrected chi connectivity index (χ2v) is 5.47. The molecule has 0 amide bonds. The quantitative estimate of drug-likeness (QED) is 0.607. The summed E-state index contributed by atoms with van der Waals surface area (Å²) in [7, 11) is 1.43. The van der Waals surface area contributed by atoms with Crippen LogP contribution in [0, 0.1) is 5.41 Å². The number of nitrogens with one attached hydrogen (secondary N) is 1. The minimum absolute atomic E-state index is 0.174. The van der Waals surface area contributed by atoms with Gasteiger partial charge in [0.05, 0.1) is 12.5 Å². The molecule has 1 rings (SSSR count). The van der Waals surface area contributed by atoms with E-state index in [2.05, 4.69) is 36.5 Å². The van der Waals surface area contributed by atoms with E-state index in [0.717, 1.165) is 19.4 Å². The number of carbonyl (C=O) groups excluding carboxylic acids is 1. The largest absolute Gasteiger partial charge is 0.469 e. The number of esters is 1. The van der Waals surface area contributed by atoms with Crippen molar-refractivity contribution < 1.29 is 9.53 Å². The number of rotatable bonds is 7. The van der Waals surface area contributed by atoms with Gasteiger partial charge in [-0.1, -0.05) is 31.2 Å². The van der Waals surface area contributed by atoms with Gasteiger partial charge in [-0.15, -0.1) is 0 Å². The van der Waals surface area contributed by atoms with Gasteiger partial charge in [-0.3, -0.25) is 4.79 Å². The molecule has 0 heterocycles. The summed E-state index contributed by atoms with van der Waals surface area (Å²) in [4.78, 5) is 11.5. The second-order valence-electron chi connectivity index (χ2n) is 5.47. The molecule has 0 atom stereocenters. The number of ether oxygens (including phenoxy) is 1. The maximum Gasteiger partial charge on any atom is 0.312 e. The average molecular weight is 263 g/mol. The smallest absolute Gasteiger partial charge is 0.312 e. The normalized spacial score (nSPS) is 11.4. The van der Waals surface area contributed by atoms with Gasteiger partial charge in [0.1, 0.15) is 0 Å². The van der Waals surface area contributed by atoms with Crippen LogP contribution in [-0.2, 0) is 22.4 Å². The summed E-state index contributed by atoms with van der Waals surface area (Å²) in [6.45, 7) is 7.44. The van der Waals surface area contributed by atoms with E-state index in [4.69, 9.17) is 4.74 Å². The third-order valence-electron chi connectivity index (χ3n) is 3.33. The number of methoxy groups -OCH3 is 1. The van der Waals surface area contributed by atoms with Crippen LogP contribution in [0.5, 0.6) is 0 Å². The first kappa shape index (κ1) is 15.7. The molecule has 0 aliphatic rings. The van der Waals surface area contributed by atoms with E-state index >= 15 is 0 Å². The van der Waals surface area contributed by atoms with Gasteiger partial charge < -0.3 is 10.1 Å². The molecule has 0 saturated heterocycles. The SMILES string of the molecule is CCc1ccc(CCNCC(C)(C)C(=O)OC)cc1. The highest BCUT2D eigenvalue weighted by Gasteiger charge is 2.27. The van der Waals surface area contributed by atoms with Gasteiger partial charge in [0.2, 0.25) is 0 Å². The van der Waals surface area contributed by atoms with Crippen LogP contribution in [0.1, 0.15) is 31.9 Å². The Balaban J connectivity index is 2.32. The monoisotopic (exact) mass is 263 g/mol. The lowest BCUT2D eigenvalue weighted by atomic mass is 9.94. The summed E-state index contributed by atoms with van der Waals surface area (Å²) in [6, 6.07) is 8.69. The van der Waals surface area contributed by atoms with Gasteiger partial charge in [-0.2, -0.15) is 0 Å². The molecule has 0 fully saturated rings. The van der Waals surface area contributed by atoms with Crippen molar-refractivity contribution in [3.8, 4) is 0 Å². The Kier molecular flexibility index (Phi) is 6.03. The molecule has 0 saturated carbocycles. The molecule has 3 heteroatoms. The van der Waals surface area contributed by atoms with Crippen molar-refractivity contribution in [3.05, 3.63) is 35.4 Å². The lowest BCUT2D eigenvalue weighted by Gasteiger charge is -2.21. The van der Waals surface area contributed by atoms with Gasteiger partial charge in [0, 0.05) is 6.54 Å². The summed E-state index contributed by atoms with van der Waals surface area (Å²) in [6.07, 6.45) is 2.05. The lowest BCUT2D eigenvalue weighted by molar-refractivity contribution is -0.150. The van der Waals surface area contributed by atoms with Crippen LogP contribution in [0.4, 0.5) is 0 Å². The Bertz CT molecular complexity index is 396. The molecule has 0 radical (unpaired) electrons. The van der Waals surface area contributed by atoms with E-state index in [1.54, 1.807) is 0 Å². The van der Waals surface area contributed by atoms with Crippen LogP contribution < -0.4 is 5.32 Å². The third kappa shape index (κ3) is 5.03. The van der Waals surface area contributed by atoms with Crippen LogP contribution in [0.15, 0.2) is 24.3 Å². The molecule has 0 aromatic heterocycles. The predicted molar refractivity (Wildman–Crippen MR) is 78.2 cm³/mol. The van der Waals surface area contributed by atoms with Crippen molar-refractivity contribution in [1.82, 2.24) is 5.32 Å². The molecule has 0 unspecified atom stereocenters.